The summed E-state index contributed by atoms with van der Waals surface area (Å²) in [6.07, 6.45) is 0. The van der Waals surface area contributed by atoms with Crippen LogP contribution in [-0.2, 0) is 0 Å². The molecule has 0 spiro atoms. The van der Waals surface area contributed by atoms with Crippen molar-refractivity contribution in [1.29, 1.82) is 0 Å². The van der Waals surface area contributed by atoms with Crippen LogP contribution in [-0.4, -0.2) is 17.5 Å². The van der Waals surface area contributed by atoms with E-state index in [1.54, 1.807) is 7.05 Å². The molecule has 0 aromatic heterocycles. The van der Waals surface area contributed by atoms with Crippen LogP contribution in [0.25, 0.3) is 0 Å². The van der Waals surface area contributed by atoms with E-state index in [1.165, 1.54) is 12.1 Å². The summed E-state index contributed by atoms with van der Waals surface area (Å²) in [5.74, 6) is 0. The van der Waals surface area contributed by atoms with Gasteiger partial charge in [0, 0.05) is 7.05 Å². The minimum Gasteiger partial charge on any atom is -0.386 e. The Bertz CT molecular complexity index is 318. The van der Waals surface area contributed by atoms with E-state index < -0.39 is 0 Å². The zero-order valence-electron chi connectivity index (χ0n) is 6.75. The third-order valence-electron chi connectivity index (χ3n) is 1.52. The minimum absolute atomic E-state index is 0.0198. The maximum atomic E-state index is 8.80. The molecule has 4 nitrogen and oxygen atoms in total. The first-order chi connectivity index (χ1) is 6.06. The molecule has 3 N–H and O–H groups in total. The molecule has 72 valence electrons. The summed E-state index contributed by atoms with van der Waals surface area (Å²) in [5, 5.41) is 20.9. The molecular formula is C7H8Cl2N2O2. The van der Waals surface area contributed by atoms with Gasteiger partial charge in [0.25, 0.3) is 0 Å². The zero-order valence-corrected chi connectivity index (χ0v) is 8.26. The van der Waals surface area contributed by atoms with Gasteiger partial charge in [0.05, 0.1) is 15.7 Å². The fourth-order valence-corrected chi connectivity index (χ4v) is 1.22. The molecule has 13 heavy (non-hydrogen) atoms. The van der Waals surface area contributed by atoms with Gasteiger partial charge in [-0.2, -0.15) is 0 Å². The number of rotatable bonds is 2. The highest BCUT2D eigenvalue weighted by atomic mass is 35.5. The molecule has 0 saturated heterocycles. The second-order valence-electron chi connectivity index (χ2n) is 2.32. The van der Waals surface area contributed by atoms with Crippen LogP contribution >= 0.6 is 23.2 Å². The van der Waals surface area contributed by atoms with E-state index in [0.717, 1.165) is 0 Å². The van der Waals surface area contributed by atoms with Crippen molar-refractivity contribution in [3.05, 3.63) is 22.2 Å². The number of nitrogens with zero attached hydrogens (tertiary/aromatic N) is 1. The maximum absolute atomic E-state index is 8.80. The van der Waals surface area contributed by atoms with Gasteiger partial charge in [0.15, 0.2) is 0 Å². The summed E-state index contributed by atoms with van der Waals surface area (Å²) in [4.78, 5) is 0. The summed E-state index contributed by atoms with van der Waals surface area (Å²) in [6, 6.07) is 2.84. The molecule has 0 radical (unpaired) electrons. The Labute approximate surface area is 85.2 Å². The van der Waals surface area contributed by atoms with Gasteiger partial charge < -0.3 is 5.32 Å². The second kappa shape index (κ2) is 4.02. The lowest BCUT2D eigenvalue weighted by molar-refractivity contribution is 0.0295. The molecular weight excluding hydrogens is 215 g/mol. The van der Waals surface area contributed by atoms with Crippen molar-refractivity contribution in [3.63, 3.8) is 0 Å². The Balaban J connectivity index is 3.25. The topological polar surface area (TPSA) is 55.7 Å². The largest absolute Gasteiger partial charge is 0.386 e. The third kappa shape index (κ3) is 2.16. The van der Waals surface area contributed by atoms with Crippen LogP contribution in [0.15, 0.2) is 12.1 Å². The van der Waals surface area contributed by atoms with Crippen molar-refractivity contribution < 1.29 is 10.4 Å². The fourth-order valence-electron chi connectivity index (χ4n) is 0.902. The molecule has 0 heterocycles. The van der Waals surface area contributed by atoms with Gasteiger partial charge in [0.1, 0.15) is 5.69 Å². The van der Waals surface area contributed by atoms with Crippen LogP contribution in [0.4, 0.5) is 11.4 Å². The molecule has 0 unspecified atom stereocenters. The fraction of sp³-hybridized carbons (Fsp3) is 0.143. The molecule has 1 aromatic carbocycles. The standard InChI is InChI=1S/C7H8Cl2N2O2/c1-10-6-2-4(8)5(9)3-7(6)11(12)13/h2-3,10,12-13H,1H3. The Hall–Kier alpha value is -0.680. The van der Waals surface area contributed by atoms with Crippen LogP contribution in [0.2, 0.25) is 10.0 Å². The lowest BCUT2D eigenvalue weighted by Gasteiger charge is -2.14. The van der Waals surface area contributed by atoms with E-state index in [2.05, 4.69) is 5.32 Å². The SMILES string of the molecule is CNc1cc(Cl)c(Cl)cc1N(O)O. The monoisotopic (exact) mass is 222 g/mol. The molecule has 0 aliphatic carbocycles. The van der Waals surface area contributed by atoms with Crippen molar-refractivity contribution in [3.8, 4) is 0 Å². The molecule has 1 rings (SSSR count). The highest BCUT2D eigenvalue weighted by Crippen LogP contribution is 2.33. The van der Waals surface area contributed by atoms with E-state index >= 15 is 0 Å². The molecule has 0 amide bonds. The second-order valence-corrected chi connectivity index (χ2v) is 3.14. The van der Waals surface area contributed by atoms with E-state index in [-0.39, 0.29) is 15.9 Å². The Morgan fingerprint density at radius 1 is 1.23 bits per heavy atom. The highest BCUT2D eigenvalue weighted by Gasteiger charge is 2.09. The van der Waals surface area contributed by atoms with Gasteiger partial charge in [-0.1, -0.05) is 23.2 Å². The van der Waals surface area contributed by atoms with Gasteiger partial charge in [-0.05, 0) is 12.1 Å². The summed E-state index contributed by atoms with van der Waals surface area (Å²) >= 11 is 11.4. The molecule has 0 bridgehead atoms. The van der Waals surface area contributed by atoms with Crippen molar-refractivity contribution in [2.75, 3.05) is 17.6 Å². The predicted octanol–water partition coefficient (Wildman–Crippen LogP) is 2.62. The third-order valence-corrected chi connectivity index (χ3v) is 2.25. The van der Waals surface area contributed by atoms with E-state index in [9.17, 15) is 0 Å². The highest BCUT2D eigenvalue weighted by molar-refractivity contribution is 6.42. The summed E-state index contributed by atoms with van der Waals surface area (Å²) in [7, 11) is 1.63. The quantitative estimate of drug-likeness (QED) is 0.674. The summed E-state index contributed by atoms with van der Waals surface area (Å²) in [5.41, 5.74) is 0.608. The van der Waals surface area contributed by atoms with Crippen LogP contribution in [0, 0.1) is 0 Å². The van der Waals surface area contributed by atoms with Crippen molar-refractivity contribution in [2.24, 2.45) is 0 Å². The normalized spacial score (nSPS) is 9.92. The lowest BCUT2D eigenvalue weighted by Crippen LogP contribution is -2.13. The average molecular weight is 223 g/mol. The van der Waals surface area contributed by atoms with Crippen molar-refractivity contribution >= 4 is 34.6 Å². The Morgan fingerprint density at radius 2 is 1.77 bits per heavy atom. The van der Waals surface area contributed by atoms with Crippen LogP contribution in [0.5, 0.6) is 0 Å². The first-order valence-corrected chi connectivity index (χ1v) is 4.16. The van der Waals surface area contributed by atoms with Crippen LogP contribution < -0.4 is 10.5 Å². The molecule has 0 fully saturated rings. The summed E-state index contributed by atoms with van der Waals surface area (Å²) in [6.45, 7) is 0. The minimum atomic E-state index is -0.0198. The first kappa shape index (κ1) is 10.4. The molecule has 0 aliphatic rings. The average Bonchev–Trinajstić information content (AvgIpc) is 2.08. The maximum Gasteiger partial charge on any atom is 0.119 e. The number of hydrogen-bond acceptors (Lipinski definition) is 4. The van der Waals surface area contributed by atoms with Gasteiger partial charge in [0.2, 0.25) is 0 Å². The van der Waals surface area contributed by atoms with E-state index in [4.69, 9.17) is 33.6 Å². The van der Waals surface area contributed by atoms with Gasteiger partial charge >= 0.3 is 0 Å². The summed E-state index contributed by atoms with van der Waals surface area (Å²) < 4.78 is 0. The van der Waals surface area contributed by atoms with Gasteiger partial charge in [-0.15, -0.1) is 5.23 Å². The molecule has 0 saturated carbocycles. The first-order valence-electron chi connectivity index (χ1n) is 3.41. The number of hydrogen-bond donors (Lipinski definition) is 3. The lowest BCUT2D eigenvalue weighted by atomic mass is 10.2. The Kier molecular flexibility index (Phi) is 3.22. The van der Waals surface area contributed by atoms with E-state index in [0.29, 0.717) is 10.7 Å². The smallest absolute Gasteiger partial charge is 0.119 e. The molecule has 1 aromatic rings. The van der Waals surface area contributed by atoms with Crippen molar-refractivity contribution in [1.82, 2.24) is 0 Å². The number of benzene rings is 1. The molecule has 0 aliphatic heterocycles. The molecule has 6 heteroatoms. The number of anilines is 2. The van der Waals surface area contributed by atoms with Gasteiger partial charge in [-0.3, -0.25) is 10.4 Å². The van der Waals surface area contributed by atoms with E-state index in [1.807, 2.05) is 0 Å². The van der Waals surface area contributed by atoms with Crippen molar-refractivity contribution in [2.45, 2.75) is 0 Å². The number of nitrogens with one attached hydrogen (secondary N) is 1. The number of halogens is 2. The Morgan fingerprint density at radius 3 is 2.23 bits per heavy atom. The molecule has 0 atom stereocenters. The van der Waals surface area contributed by atoms with Crippen LogP contribution in [0.3, 0.4) is 0 Å². The van der Waals surface area contributed by atoms with Gasteiger partial charge in [-0.25, -0.2) is 0 Å². The zero-order chi connectivity index (χ0) is 10.0. The van der Waals surface area contributed by atoms with Crippen LogP contribution in [0.1, 0.15) is 0 Å². The predicted molar refractivity (Wildman–Crippen MR) is 52.1 cm³/mol.